The van der Waals surface area contributed by atoms with Crippen LogP contribution in [0.3, 0.4) is 0 Å². The molecule has 4 heterocycles. The minimum absolute atomic E-state index is 0.0896. The Kier molecular flexibility index (Phi) is 10.7. The van der Waals surface area contributed by atoms with E-state index in [0.717, 1.165) is 101 Å². The summed E-state index contributed by atoms with van der Waals surface area (Å²) in [5, 5.41) is 7.52. The van der Waals surface area contributed by atoms with E-state index in [0.29, 0.717) is 12.4 Å². The first kappa shape index (κ1) is 41.4. The molecule has 2 saturated heterocycles. The Hall–Kier alpha value is -5.96. The third kappa shape index (κ3) is 6.84. The van der Waals surface area contributed by atoms with Gasteiger partial charge in [-0.25, -0.2) is 19.6 Å². The second-order valence-corrected chi connectivity index (χ2v) is 17.9. The fourth-order valence-electron chi connectivity index (χ4n) is 10.7. The lowest BCUT2D eigenvalue weighted by molar-refractivity contribution is -0.144. The molecule has 15 heteroatoms. The Balaban J connectivity index is 0.975. The minimum atomic E-state index is -0.903. The molecule has 0 radical (unpaired) electrons. The van der Waals surface area contributed by atoms with Gasteiger partial charge in [0.25, 0.3) is 0 Å². The van der Waals surface area contributed by atoms with Crippen LogP contribution < -0.4 is 10.6 Å². The van der Waals surface area contributed by atoms with Crippen LogP contribution in [0, 0.1) is 11.8 Å². The molecule has 326 valence electrons. The number of aromatic nitrogens is 4. The average molecular weight is 845 g/mol. The smallest absolute Gasteiger partial charge is 0.407 e. The van der Waals surface area contributed by atoms with Gasteiger partial charge in [0.05, 0.1) is 43.1 Å². The van der Waals surface area contributed by atoms with Crippen LogP contribution in [0.2, 0.25) is 0 Å². The number of likely N-dealkylation sites (tertiary alicyclic amines) is 2. The molecule has 7 atom stereocenters. The molecule has 0 spiro atoms. The molecule has 15 nitrogen and oxygen atoms in total. The van der Waals surface area contributed by atoms with Crippen LogP contribution in [0.25, 0.3) is 44.2 Å². The van der Waals surface area contributed by atoms with E-state index in [1.807, 2.05) is 24.8 Å². The first-order chi connectivity index (χ1) is 29.8. The minimum Gasteiger partial charge on any atom is -0.453 e. The highest BCUT2D eigenvalue weighted by molar-refractivity contribution is 6.05. The molecule has 1 saturated carbocycles. The standard InChI is InChI=1S/C47H56N8O7/c1-24(2)37(52-45(58)61-6)43(57)55-31-15-14-30(23-31)47(55,4)44-49-35-19-13-29-22-27(11-17-33(29)40(35)51-44)26-10-16-32-28(21-26)12-18-34-39(32)50-41(48-34)36-9-8-20-54(36)42(56)38(25(3)60-5)53-46(59)62-7/h10-12,16-18,21-22,24-25,30-31,36-38H,8-9,13-15,19-20,23H2,1-7H3,(H,48,50)(H,49,51)(H,52,58)(H,53,59)/t25-,30+,31-,36+,37+,38+,47+/m1/s1. The summed E-state index contributed by atoms with van der Waals surface area (Å²) in [5.74, 6) is 1.34. The summed E-state index contributed by atoms with van der Waals surface area (Å²) in [4.78, 5) is 74.0. The van der Waals surface area contributed by atoms with E-state index in [2.05, 4.69) is 70.0 Å². The number of methoxy groups -OCH3 is 3. The third-order valence-corrected chi connectivity index (χ3v) is 14.2. The van der Waals surface area contributed by atoms with Crippen LogP contribution in [-0.2, 0) is 42.2 Å². The summed E-state index contributed by atoms with van der Waals surface area (Å²) in [6.45, 7) is 8.32. The van der Waals surface area contributed by atoms with Gasteiger partial charge in [0, 0.05) is 36.3 Å². The first-order valence-corrected chi connectivity index (χ1v) is 21.8. The Morgan fingerprint density at radius 3 is 2.32 bits per heavy atom. The second kappa shape index (κ2) is 16.1. The highest BCUT2D eigenvalue weighted by Gasteiger charge is 2.59. The Morgan fingerprint density at radius 1 is 0.839 bits per heavy atom. The number of imidazole rings is 2. The van der Waals surface area contributed by atoms with Gasteiger partial charge in [-0.2, -0.15) is 0 Å². The van der Waals surface area contributed by atoms with E-state index in [-0.39, 0.29) is 35.7 Å². The molecule has 2 bridgehead atoms. The van der Waals surface area contributed by atoms with Gasteiger partial charge in [-0.3, -0.25) is 9.59 Å². The maximum Gasteiger partial charge on any atom is 0.407 e. The number of benzene rings is 3. The maximum atomic E-state index is 14.3. The SMILES string of the molecule is COC(=O)N[C@H](C(=O)N1[C@@H]2CC[C@@H](C2)[C@@]1(C)c1nc2c([nH]1)CCc1cc(-c3ccc4c(ccc5[nH]c([C@@H]6CCCN6C(=O)[C@@H](NC(=O)OC)[C@@H](C)OC)nc54)c3)ccc1-2)C(C)C. The van der Waals surface area contributed by atoms with Gasteiger partial charge in [-0.15, -0.1) is 0 Å². The zero-order chi connectivity index (χ0) is 43.6. The van der Waals surface area contributed by atoms with Gasteiger partial charge >= 0.3 is 12.2 Å². The van der Waals surface area contributed by atoms with Gasteiger partial charge in [0.2, 0.25) is 11.8 Å². The largest absolute Gasteiger partial charge is 0.453 e. The number of fused-ring (bicyclic) bond motifs is 8. The van der Waals surface area contributed by atoms with E-state index in [1.54, 1.807) is 11.8 Å². The fourth-order valence-corrected chi connectivity index (χ4v) is 10.7. The quantitative estimate of drug-likeness (QED) is 0.116. The fraction of sp³-hybridized carbons (Fsp3) is 0.489. The van der Waals surface area contributed by atoms with Crippen molar-refractivity contribution in [2.45, 2.75) is 108 Å². The Morgan fingerprint density at radius 2 is 1.58 bits per heavy atom. The number of H-pyrrole nitrogens is 2. The molecule has 4 amide bonds. The van der Waals surface area contributed by atoms with E-state index in [9.17, 15) is 19.2 Å². The van der Waals surface area contributed by atoms with Crippen molar-refractivity contribution < 1.29 is 33.4 Å². The molecule has 9 rings (SSSR count). The number of rotatable bonds is 10. The Bertz CT molecular complexity index is 2580. The summed E-state index contributed by atoms with van der Waals surface area (Å²) in [5.41, 5.74) is 7.67. The lowest BCUT2D eigenvalue weighted by atomic mass is 9.83. The second-order valence-electron chi connectivity index (χ2n) is 17.9. The van der Waals surface area contributed by atoms with Crippen molar-refractivity contribution in [1.82, 2.24) is 40.4 Å². The number of amides is 4. The zero-order valence-electron chi connectivity index (χ0n) is 36.5. The number of piperidine rings is 1. The molecule has 2 aromatic heterocycles. The number of aromatic amines is 2. The molecule has 0 unspecified atom stereocenters. The van der Waals surface area contributed by atoms with Crippen LogP contribution >= 0.6 is 0 Å². The predicted molar refractivity (Wildman–Crippen MR) is 233 cm³/mol. The summed E-state index contributed by atoms with van der Waals surface area (Å²) in [6.07, 6.45) is 4.25. The highest BCUT2D eigenvalue weighted by atomic mass is 16.5. The van der Waals surface area contributed by atoms with E-state index < -0.39 is 35.9 Å². The van der Waals surface area contributed by atoms with Crippen molar-refractivity contribution in [2.75, 3.05) is 27.9 Å². The number of nitrogens with one attached hydrogen (secondary N) is 4. The van der Waals surface area contributed by atoms with Crippen molar-refractivity contribution in [1.29, 1.82) is 0 Å². The van der Waals surface area contributed by atoms with E-state index in [1.165, 1.54) is 26.9 Å². The van der Waals surface area contributed by atoms with Crippen LogP contribution in [-0.4, -0.2) is 106 Å². The van der Waals surface area contributed by atoms with Gasteiger partial charge in [-0.05, 0) is 105 Å². The molecular weight excluding hydrogens is 789 g/mol. The van der Waals surface area contributed by atoms with Crippen molar-refractivity contribution in [3.8, 4) is 22.4 Å². The summed E-state index contributed by atoms with van der Waals surface area (Å²) >= 11 is 0. The van der Waals surface area contributed by atoms with Crippen LogP contribution in [0.15, 0.2) is 48.5 Å². The molecule has 4 N–H and O–H groups in total. The van der Waals surface area contributed by atoms with Gasteiger partial charge in [0.1, 0.15) is 29.3 Å². The normalized spacial score (nSPS) is 23.0. The number of hydrogen-bond acceptors (Lipinski definition) is 9. The molecule has 62 heavy (non-hydrogen) atoms. The monoisotopic (exact) mass is 844 g/mol. The highest BCUT2D eigenvalue weighted by Crippen LogP contribution is 2.54. The zero-order valence-corrected chi connectivity index (χ0v) is 36.5. The number of hydrogen-bond donors (Lipinski definition) is 4. The molecule has 5 aromatic rings. The van der Waals surface area contributed by atoms with Gasteiger partial charge < -0.3 is 44.6 Å². The third-order valence-electron chi connectivity index (χ3n) is 14.2. The number of carbonyl (C=O) groups is 4. The van der Waals surface area contributed by atoms with E-state index in [4.69, 9.17) is 24.2 Å². The molecular formula is C47H56N8O7. The number of alkyl carbamates (subject to hydrolysis) is 2. The molecule has 2 aliphatic carbocycles. The first-order valence-electron chi connectivity index (χ1n) is 21.8. The van der Waals surface area contributed by atoms with Gasteiger partial charge in [0.15, 0.2) is 0 Å². The van der Waals surface area contributed by atoms with E-state index >= 15 is 0 Å². The van der Waals surface area contributed by atoms with Crippen molar-refractivity contribution in [3.63, 3.8) is 0 Å². The molecule has 3 aromatic carbocycles. The lowest BCUT2D eigenvalue weighted by Gasteiger charge is -2.45. The van der Waals surface area contributed by atoms with Crippen molar-refractivity contribution >= 4 is 45.8 Å². The summed E-state index contributed by atoms with van der Waals surface area (Å²) < 4.78 is 15.1. The number of aryl methyl sites for hydroxylation is 2. The molecule has 3 fully saturated rings. The van der Waals surface area contributed by atoms with Gasteiger partial charge in [-0.1, -0.05) is 50.2 Å². The average Bonchev–Trinajstić information content (AvgIpc) is 4.14. The van der Waals surface area contributed by atoms with Crippen LogP contribution in [0.1, 0.15) is 88.7 Å². The summed E-state index contributed by atoms with van der Waals surface area (Å²) in [6, 6.07) is 15.4. The van der Waals surface area contributed by atoms with Crippen LogP contribution in [0.4, 0.5) is 9.59 Å². The number of ether oxygens (including phenoxy) is 3. The molecule has 4 aliphatic rings. The summed E-state index contributed by atoms with van der Waals surface area (Å²) in [7, 11) is 4.09. The van der Waals surface area contributed by atoms with Crippen molar-refractivity contribution in [3.05, 3.63) is 71.4 Å². The number of carbonyl (C=O) groups excluding carboxylic acids is 4. The number of nitrogens with zero attached hydrogens (tertiary/aromatic N) is 4. The predicted octanol–water partition coefficient (Wildman–Crippen LogP) is 6.90. The lowest BCUT2D eigenvalue weighted by Crippen LogP contribution is -2.59. The maximum absolute atomic E-state index is 14.3. The topological polar surface area (TPSA) is 184 Å². The van der Waals surface area contributed by atoms with Crippen LogP contribution in [0.5, 0.6) is 0 Å². The molecule has 2 aliphatic heterocycles. The van der Waals surface area contributed by atoms with Crippen molar-refractivity contribution in [2.24, 2.45) is 11.8 Å². The Labute approximate surface area is 360 Å².